The first-order valence-electron chi connectivity index (χ1n) is 9.45. The molecule has 1 saturated heterocycles. The Bertz CT molecular complexity index is 1230. The number of pyridine rings is 1. The lowest BCUT2D eigenvalue weighted by Gasteiger charge is -2.17. The first kappa shape index (κ1) is 17.8. The van der Waals surface area contributed by atoms with Crippen LogP contribution in [0, 0.1) is 5.92 Å². The van der Waals surface area contributed by atoms with Crippen LogP contribution in [0.2, 0.25) is 0 Å². The molecular weight excluding hydrogens is 378 g/mol. The average molecular weight is 396 g/mol. The number of carbonyl (C=O) groups is 1. The average Bonchev–Trinajstić information content (AvgIpc) is 3.19. The standard InChI is InChI=1S/C22H18F2N2O3/c1-12(2)19-11-25(21(28)29-19)14-8-7-13-9-18-15-5-3-4-6-17(15)22(23,24)26(18)20(27)16(13)10-14/h3-10,12,19H,11H2,1-2H3. The fourth-order valence-electron chi connectivity index (χ4n) is 4.07. The van der Waals surface area contributed by atoms with E-state index in [9.17, 15) is 9.59 Å². The van der Waals surface area contributed by atoms with E-state index < -0.39 is 17.7 Å². The maximum Gasteiger partial charge on any atom is 0.414 e. The molecule has 0 spiro atoms. The van der Waals surface area contributed by atoms with E-state index in [4.69, 9.17) is 4.74 Å². The highest BCUT2D eigenvalue weighted by Gasteiger charge is 2.45. The molecule has 0 saturated carbocycles. The van der Waals surface area contributed by atoms with Gasteiger partial charge < -0.3 is 4.74 Å². The fourth-order valence-corrected chi connectivity index (χ4v) is 4.07. The Morgan fingerprint density at radius 3 is 2.59 bits per heavy atom. The minimum atomic E-state index is -3.43. The minimum absolute atomic E-state index is 0.138. The number of ether oxygens (including phenoxy) is 1. The number of alkyl halides is 2. The molecule has 3 heterocycles. The zero-order valence-electron chi connectivity index (χ0n) is 15.9. The van der Waals surface area contributed by atoms with Gasteiger partial charge in [-0.2, -0.15) is 8.78 Å². The number of hydrogen-bond donors (Lipinski definition) is 0. The Morgan fingerprint density at radius 2 is 1.86 bits per heavy atom. The predicted molar refractivity (Wildman–Crippen MR) is 105 cm³/mol. The van der Waals surface area contributed by atoms with Crippen LogP contribution in [-0.4, -0.2) is 23.3 Å². The van der Waals surface area contributed by atoms with Gasteiger partial charge in [-0.3, -0.25) is 9.69 Å². The number of aromatic nitrogens is 1. The van der Waals surface area contributed by atoms with Crippen LogP contribution in [0.1, 0.15) is 19.4 Å². The molecular formula is C22H18F2N2O3. The maximum atomic E-state index is 15.0. The monoisotopic (exact) mass is 396 g/mol. The van der Waals surface area contributed by atoms with Crippen molar-refractivity contribution in [2.45, 2.75) is 26.0 Å². The number of fused-ring (bicyclic) bond motifs is 4. The number of halogens is 2. The van der Waals surface area contributed by atoms with Crippen molar-refractivity contribution in [3.63, 3.8) is 0 Å². The summed E-state index contributed by atoms with van der Waals surface area (Å²) in [6.45, 7) is 4.27. The zero-order chi connectivity index (χ0) is 20.5. The van der Waals surface area contributed by atoms with Crippen LogP contribution < -0.4 is 10.5 Å². The quantitative estimate of drug-likeness (QED) is 0.638. The summed E-state index contributed by atoms with van der Waals surface area (Å²) >= 11 is 0. The van der Waals surface area contributed by atoms with Crippen molar-refractivity contribution in [3.05, 3.63) is 64.4 Å². The van der Waals surface area contributed by atoms with Crippen molar-refractivity contribution in [2.75, 3.05) is 11.4 Å². The van der Waals surface area contributed by atoms with Crippen molar-refractivity contribution < 1.29 is 18.3 Å². The third kappa shape index (κ3) is 2.43. The van der Waals surface area contributed by atoms with E-state index in [1.165, 1.54) is 23.1 Å². The molecule has 1 atom stereocenters. The number of nitrogens with zero attached hydrogens (tertiary/aromatic N) is 2. The van der Waals surface area contributed by atoms with Crippen molar-refractivity contribution in [1.82, 2.24) is 4.57 Å². The molecule has 2 aliphatic heterocycles. The van der Waals surface area contributed by atoms with Crippen molar-refractivity contribution in [1.29, 1.82) is 0 Å². The summed E-state index contributed by atoms with van der Waals surface area (Å²) < 4.78 is 35.9. The molecule has 5 rings (SSSR count). The zero-order valence-corrected chi connectivity index (χ0v) is 15.9. The largest absolute Gasteiger partial charge is 0.444 e. The van der Waals surface area contributed by atoms with Gasteiger partial charge in [-0.05, 0) is 29.5 Å². The third-order valence-corrected chi connectivity index (χ3v) is 5.70. The Kier molecular flexibility index (Phi) is 3.62. The van der Waals surface area contributed by atoms with E-state index in [0.717, 1.165) is 0 Å². The highest BCUT2D eigenvalue weighted by Crippen LogP contribution is 2.45. The predicted octanol–water partition coefficient (Wildman–Crippen LogP) is 4.56. The summed E-state index contributed by atoms with van der Waals surface area (Å²) in [5.41, 5.74) is 0.0333. The van der Waals surface area contributed by atoms with Crippen LogP contribution in [-0.2, 0) is 10.8 Å². The number of carbonyl (C=O) groups excluding carboxylic acids is 1. The fraction of sp³-hybridized carbons (Fsp3) is 0.273. The number of rotatable bonds is 2. The van der Waals surface area contributed by atoms with Gasteiger partial charge in [0.15, 0.2) is 0 Å². The number of amides is 1. The van der Waals surface area contributed by atoms with Crippen molar-refractivity contribution >= 4 is 22.6 Å². The van der Waals surface area contributed by atoms with E-state index in [2.05, 4.69) is 0 Å². The number of hydrogen-bond acceptors (Lipinski definition) is 3. The Labute approximate surface area is 165 Å². The van der Waals surface area contributed by atoms with Crippen molar-refractivity contribution in [2.24, 2.45) is 5.92 Å². The maximum absolute atomic E-state index is 15.0. The van der Waals surface area contributed by atoms with Crippen LogP contribution in [0.4, 0.5) is 19.3 Å². The summed E-state index contributed by atoms with van der Waals surface area (Å²) in [5, 5.41) is 0.685. The van der Waals surface area contributed by atoms with E-state index in [1.807, 2.05) is 13.8 Å². The summed E-state index contributed by atoms with van der Waals surface area (Å²) in [6.07, 6.45) is -0.750. The van der Waals surface area contributed by atoms with Gasteiger partial charge in [-0.15, -0.1) is 0 Å². The van der Waals surface area contributed by atoms with Gasteiger partial charge in [0.1, 0.15) is 6.10 Å². The molecule has 1 unspecified atom stereocenters. The second-order valence-electron chi connectivity index (χ2n) is 7.81. The van der Waals surface area contributed by atoms with Crippen LogP contribution in [0.3, 0.4) is 0 Å². The molecule has 0 N–H and O–H groups in total. The van der Waals surface area contributed by atoms with E-state index >= 15 is 8.78 Å². The number of anilines is 1. The molecule has 0 bridgehead atoms. The van der Waals surface area contributed by atoms with Gasteiger partial charge in [-0.1, -0.05) is 44.2 Å². The van der Waals surface area contributed by atoms with E-state index in [1.54, 1.807) is 30.3 Å². The number of cyclic esters (lactones) is 1. The lowest BCUT2D eigenvalue weighted by atomic mass is 10.0. The van der Waals surface area contributed by atoms with Crippen LogP contribution in [0.15, 0.2) is 53.3 Å². The molecule has 0 radical (unpaired) electrons. The van der Waals surface area contributed by atoms with E-state index in [0.29, 0.717) is 27.7 Å². The molecule has 148 valence electrons. The Hall–Kier alpha value is -3.22. The van der Waals surface area contributed by atoms with Crippen molar-refractivity contribution in [3.8, 4) is 11.3 Å². The number of benzene rings is 2. The summed E-state index contributed by atoms with van der Waals surface area (Å²) in [5.74, 6) is 0.149. The second kappa shape index (κ2) is 5.89. The minimum Gasteiger partial charge on any atom is -0.444 e. The first-order chi connectivity index (χ1) is 13.8. The van der Waals surface area contributed by atoms with Crippen LogP contribution in [0.5, 0.6) is 0 Å². The smallest absolute Gasteiger partial charge is 0.414 e. The molecule has 2 aliphatic rings. The Balaban J connectivity index is 1.68. The second-order valence-corrected chi connectivity index (χ2v) is 7.81. The lowest BCUT2D eigenvalue weighted by Crippen LogP contribution is -2.32. The van der Waals surface area contributed by atoms with Gasteiger partial charge in [-0.25, -0.2) is 9.36 Å². The van der Waals surface area contributed by atoms with Gasteiger partial charge >= 0.3 is 12.1 Å². The summed E-state index contributed by atoms with van der Waals surface area (Å²) in [6, 6.07) is 9.19. The third-order valence-electron chi connectivity index (χ3n) is 5.70. The highest BCUT2D eigenvalue weighted by atomic mass is 19.3. The van der Waals surface area contributed by atoms with Gasteiger partial charge in [0.2, 0.25) is 0 Å². The van der Waals surface area contributed by atoms with Gasteiger partial charge in [0, 0.05) is 16.6 Å². The van der Waals surface area contributed by atoms with Crippen LogP contribution >= 0.6 is 0 Å². The molecule has 5 nitrogen and oxygen atoms in total. The first-order valence-corrected chi connectivity index (χ1v) is 9.45. The van der Waals surface area contributed by atoms with E-state index in [-0.39, 0.29) is 28.7 Å². The normalized spacial score (nSPS) is 19.6. The summed E-state index contributed by atoms with van der Waals surface area (Å²) in [4.78, 5) is 26.8. The molecule has 1 aromatic heterocycles. The topological polar surface area (TPSA) is 51.5 Å². The SMILES string of the molecule is CC(C)C1CN(c2ccc3cc4n(c(=O)c3c2)C(F)(F)c2ccccc2-4)C(=O)O1. The summed E-state index contributed by atoms with van der Waals surface area (Å²) in [7, 11) is 0. The molecule has 2 aromatic carbocycles. The Morgan fingerprint density at radius 1 is 1.10 bits per heavy atom. The molecule has 1 fully saturated rings. The highest BCUT2D eigenvalue weighted by molar-refractivity contribution is 5.95. The van der Waals surface area contributed by atoms with Gasteiger partial charge in [0.05, 0.1) is 17.8 Å². The molecule has 29 heavy (non-hydrogen) atoms. The lowest BCUT2D eigenvalue weighted by molar-refractivity contribution is -0.0309. The molecule has 7 heteroatoms. The molecule has 1 amide bonds. The van der Waals surface area contributed by atoms with Gasteiger partial charge in [0.25, 0.3) is 5.56 Å². The molecule has 0 aliphatic carbocycles. The van der Waals surface area contributed by atoms with Crippen LogP contribution in [0.25, 0.3) is 22.0 Å². The molecule has 3 aromatic rings.